The summed E-state index contributed by atoms with van der Waals surface area (Å²) < 4.78 is 10.7. The average Bonchev–Trinajstić information content (AvgIpc) is 2.36. The van der Waals surface area contributed by atoms with Gasteiger partial charge in [-0.15, -0.1) is 11.6 Å². The fourth-order valence-electron chi connectivity index (χ4n) is 1.32. The Morgan fingerprint density at radius 2 is 2.12 bits per heavy atom. The second kappa shape index (κ2) is 7.74. The summed E-state index contributed by atoms with van der Waals surface area (Å²) in [4.78, 5) is 10.4. The van der Waals surface area contributed by atoms with Crippen LogP contribution in [0.1, 0.15) is 5.56 Å². The van der Waals surface area contributed by atoms with Gasteiger partial charge in [-0.2, -0.15) is 0 Å². The normalized spacial score (nSPS) is 10.5. The smallest absolute Gasteiger partial charge is 0.161 e. The van der Waals surface area contributed by atoms with Crippen molar-refractivity contribution in [2.75, 3.05) is 19.6 Å². The standard InChI is InChI=1S/C13H15ClO3/c1-16-13-10-11(6-8-15)4-5-12(13)17-9-3-2-7-14/h2-5,8,10H,6-7,9H2,1H3/b3-2-. The number of alkyl halides is 1. The van der Waals surface area contributed by atoms with Crippen LogP contribution in [0.4, 0.5) is 0 Å². The molecule has 0 aliphatic rings. The van der Waals surface area contributed by atoms with E-state index in [1.54, 1.807) is 19.2 Å². The van der Waals surface area contributed by atoms with E-state index in [1.165, 1.54) is 0 Å². The van der Waals surface area contributed by atoms with Gasteiger partial charge in [-0.05, 0) is 17.7 Å². The van der Waals surface area contributed by atoms with Gasteiger partial charge in [-0.1, -0.05) is 18.2 Å². The second-order valence-electron chi connectivity index (χ2n) is 3.29. The molecule has 0 unspecified atom stereocenters. The molecule has 0 aliphatic heterocycles. The predicted octanol–water partition coefficient (Wildman–Crippen LogP) is 2.61. The number of methoxy groups -OCH3 is 1. The summed E-state index contributed by atoms with van der Waals surface area (Å²) in [6.45, 7) is 0.441. The zero-order valence-electron chi connectivity index (χ0n) is 9.69. The maximum atomic E-state index is 10.4. The Balaban J connectivity index is 2.70. The van der Waals surface area contributed by atoms with Gasteiger partial charge in [0, 0.05) is 12.3 Å². The van der Waals surface area contributed by atoms with E-state index < -0.39 is 0 Å². The highest BCUT2D eigenvalue weighted by Crippen LogP contribution is 2.28. The van der Waals surface area contributed by atoms with E-state index in [0.717, 1.165) is 11.8 Å². The lowest BCUT2D eigenvalue weighted by Crippen LogP contribution is -1.98. The van der Waals surface area contributed by atoms with E-state index in [4.69, 9.17) is 21.1 Å². The van der Waals surface area contributed by atoms with Crippen LogP contribution in [0.25, 0.3) is 0 Å². The number of ether oxygens (including phenoxy) is 2. The highest BCUT2D eigenvalue weighted by atomic mass is 35.5. The quantitative estimate of drug-likeness (QED) is 0.426. The molecule has 0 aliphatic carbocycles. The van der Waals surface area contributed by atoms with Gasteiger partial charge in [0.05, 0.1) is 7.11 Å². The second-order valence-corrected chi connectivity index (χ2v) is 3.60. The summed E-state index contributed by atoms with van der Waals surface area (Å²) in [5, 5.41) is 0. The Labute approximate surface area is 106 Å². The summed E-state index contributed by atoms with van der Waals surface area (Å²) in [6.07, 6.45) is 4.89. The van der Waals surface area contributed by atoms with Crippen molar-refractivity contribution in [1.82, 2.24) is 0 Å². The third-order valence-electron chi connectivity index (χ3n) is 2.14. The van der Waals surface area contributed by atoms with Crippen LogP contribution >= 0.6 is 11.6 Å². The molecule has 0 atom stereocenters. The molecule has 0 amide bonds. The number of hydrogen-bond acceptors (Lipinski definition) is 3. The van der Waals surface area contributed by atoms with Crippen LogP contribution in [-0.2, 0) is 11.2 Å². The maximum absolute atomic E-state index is 10.4. The summed E-state index contributed by atoms with van der Waals surface area (Å²) in [5.41, 5.74) is 0.903. The van der Waals surface area contributed by atoms with Gasteiger partial charge in [0.25, 0.3) is 0 Å². The van der Waals surface area contributed by atoms with Crippen LogP contribution < -0.4 is 9.47 Å². The van der Waals surface area contributed by atoms with Gasteiger partial charge in [0.1, 0.15) is 12.9 Å². The average molecular weight is 255 g/mol. The molecule has 1 aromatic rings. The minimum atomic E-state index is 0.378. The summed E-state index contributed by atoms with van der Waals surface area (Å²) >= 11 is 5.50. The molecule has 0 N–H and O–H groups in total. The number of hydrogen-bond donors (Lipinski definition) is 0. The molecule has 17 heavy (non-hydrogen) atoms. The van der Waals surface area contributed by atoms with Crippen LogP contribution in [0.3, 0.4) is 0 Å². The molecule has 92 valence electrons. The number of carbonyl (C=O) groups excluding carboxylic acids is 1. The molecule has 0 heterocycles. The van der Waals surface area contributed by atoms with Crippen LogP contribution in [0.2, 0.25) is 0 Å². The first-order chi connectivity index (χ1) is 8.31. The number of allylic oxidation sites excluding steroid dienone is 1. The minimum absolute atomic E-state index is 0.378. The van der Waals surface area contributed by atoms with Crippen LogP contribution in [0.5, 0.6) is 11.5 Å². The molecule has 0 bridgehead atoms. The van der Waals surface area contributed by atoms with Crippen molar-refractivity contribution in [3.05, 3.63) is 35.9 Å². The molecular formula is C13H15ClO3. The van der Waals surface area contributed by atoms with Crippen molar-refractivity contribution < 1.29 is 14.3 Å². The maximum Gasteiger partial charge on any atom is 0.161 e. The SMILES string of the molecule is COc1cc(CC=O)ccc1OC/C=C\CCl. The van der Waals surface area contributed by atoms with Gasteiger partial charge >= 0.3 is 0 Å². The van der Waals surface area contributed by atoms with E-state index in [9.17, 15) is 4.79 Å². The van der Waals surface area contributed by atoms with E-state index in [-0.39, 0.29) is 0 Å². The summed E-state index contributed by atoms with van der Waals surface area (Å²) in [5.74, 6) is 1.75. The van der Waals surface area contributed by atoms with Crippen molar-refractivity contribution in [2.45, 2.75) is 6.42 Å². The fraction of sp³-hybridized carbons (Fsp3) is 0.308. The Morgan fingerprint density at radius 3 is 2.76 bits per heavy atom. The van der Waals surface area contributed by atoms with Crippen LogP contribution in [-0.4, -0.2) is 25.9 Å². The lowest BCUT2D eigenvalue weighted by Gasteiger charge is -2.10. The molecule has 0 saturated carbocycles. The lowest BCUT2D eigenvalue weighted by molar-refractivity contribution is -0.107. The van der Waals surface area contributed by atoms with Crippen molar-refractivity contribution >= 4 is 17.9 Å². The molecule has 4 heteroatoms. The fourth-order valence-corrected chi connectivity index (χ4v) is 1.45. The molecule has 3 nitrogen and oxygen atoms in total. The van der Waals surface area contributed by atoms with Crippen molar-refractivity contribution in [2.24, 2.45) is 0 Å². The van der Waals surface area contributed by atoms with Gasteiger partial charge in [-0.25, -0.2) is 0 Å². The van der Waals surface area contributed by atoms with Crippen molar-refractivity contribution in [1.29, 1.82) is 0 Å². The molecule has 0 saturated heterocycles. The van der Waals surface area contributed by atoms with Crippen LogP contribution in [0.15, 0.2) is 30.4 Å². The Bertz CT molecular complexity index is 388. The number of aldehydes is 1. The number of halogens is 1. The van der Waals surface area contributed by atoms with Crippen LogP contribution in [0, 0.1) is 0 Å². The molecular weight excluding hydrogens is 240 g/mol. The summed E-state index contributed by atoms with van der Waals surface area (Å²) in [6, 6.07) is 5.44. The van der Waals surface area contributed by atoms with Crippen molar-refractivity contribution in [3.8, 4) is 11.5 Å². The van der Waals surface area contributed by atoms with Gasteiger partial charge in [0.15, 0.2) is 11.5 Å². The Morgan fingerprint density at radius 1 is 1.29 bits per heavy atom. The summed E-state index contributed by atoms with van der Waals surface area (Å²) in [7, 11) is 1.57. The first-order valence-corrected chi connectivity index (χ1v) is 5.79. The number of carbonyl (C=O) groups is 1. The molecule has 1 rings (SSSR count). The van der Waals surface area contributed by atoms with E-state index in [1.807, 2.05) is 18.2 Å². The van der Waals surface area contributed by atoms with E-state index >= 15 is 0 Å². The Kier molecular flexibility index (Phi) is 6.18. The Hall–Kier alpha value is -1.48. The molecule has 0 spiro atoms. The lowest BCUT2D eigenvalue weighted by atomic mass is 10.1. The molecule has 0 radical (unpaired) electrons. The number of benzene rings is 1. The van der Waals surface area contributed by atoms with Gasteiger partial charge in [0.2, 0.25) is 0 Å². The topological polar surface area (TPSA) is 35.5 Å². The highest BCUT2D eigenvalue weighted by molar-refractivity contribution is 6.18. The predicted molar refractivity (Wildman–Crippen MR) is 68.1 cm³/mol. The van der Waals surface area contributed by atoms with E-state index in [2.05, 4.69) is 0 Å². The minimum Gasteiger partial charge on any atom is -0.493 e. The van der Waals surface area contributed by atoms with Gasteiger partial charge < -0.3 is 14.3 Å². The van der Waals surface area contributed by atoms with Crippen molar-refractivity contribution in [3.63, 3.8) is 0 Å². The largest absolute Gasteiger partial charge is 0.493 e. The molecule has 0 fully saturated rings. The first kappa shape index (κ1) is 13.6. The zero-order valence-corrected chi connectivity index (χ0v) is 10.4. The monoisotopic (exact) mass is 254 g/mol. The number of rotatable bonds is 7. The highest BCUT2D eigenvalue weighted by Gasteiger charge is 2.04. The zero-order chi connectivity index (χ0) is 12.5. The third-order valence-corrected chi connectivity index (χ3v) is 2.32. The third kappa shape index (κ3) is 4.49. The van der Waals surface area contributed by atoms with Gasteiger partial charge in [-0.3, -0.25) is 0 Å². The molecule has 0 aromatic heterocycles. The van der Waals surface area contributed by atoms with E-state index in [0.29, 0.717) is 30.4 Å². The molecule has 1 aromatic carbocycles. The first-order valence-electron chi connectivity index (χ1n) is 5.26.